The maximum Gasteiger partial charge on any atom is 0.312 e. The van der Waals surface area contributed by atoms with Crippen LogP contribution in [-0.2, 0) is 19.1 Å². The number of rotatable bonds is 4. The third-order valence-corrected chi connectivity index (χ3v) is 4.60. The number of benzene rings is 1. The van der Waals surface area contributed by atoms with Gasteiger partial charge in [0.05, 0.1) is 18.2 Å². The molecule has 1 aromatic carbocycles. The van der Waals surface area contributed by atoms with Gasteiger partial charge in [0.15, 0.2) is 0 Å². The predicted octanol–water partition coefficient (Wildman–Crippen LogP) is 2.68. The van der Waals surface area contributed by atoms with E-state index in [4.69, 9.17) is 14.3 Å². The molecule has 2 heterocycles. The van der Waals surface area contributed by atoms with Crippen LogP contribution in [0, 0.1) is 11.2 Å². The van der Waals surface area contributed by atoms with Crippen molar-refractivity contribution in [2.24, 2.45) is 10.6 Å². The third-order valence-electron chi connectivity index (χ3n) is 4.60. The van der Waals surface area contributed by atoms with E-state index in [1.165, 1.54) is 13.2 Å². The Kier molecular flexibility index (Phi) is 4.61. The lowest BCUT2D eigenvalue weighted by atomic mass is 9.75. The van der Waals surface area contributed by atoms with Gasteiger partial charge < -0.3 is 14.3 Å². The molecule has 1 atom stereocenters. The zero-order valence-electron chi connectivity index (χ0n) is 13.1. The fraction of sp³-hybridized carbons (Fsp3) is 0.529. The summed E-state index contributed by atoms with van der Waals surface area (Å²) < 4.78 is 24.2. The quantitative estimate of drug-likeness (QED) is 0.800. The minimum atomic E-state index is -0.599. The first-order valence-electron chi connectivity index (χ1n) is 7.78. The summed E-state index contributed by atoms with van der Waals surface area (Å²) in [5.41, 5.74) is 0.437. The van der Waals surface area contributed by atoms with E-state index in [1.807, 2.05) is 0 Å². The Bertz CT molecular complexity index is 610. The van der Waals surface area contributed by atoms with Crippen LogP contribution >= 0.6 is 0 Å². The molecule has 0 spiro atoms. The molecule has 23 heavy (non-hydrogen) atoms. The van der Waals surface area contributed by atoms with E-state index in [0.717, 1.165) is 0 Å². The van der Waals surface area contributed by atoms with E-state index >= 15 is 0 Å². The largest absolute Gasteiger partial charge is 0.469 e. The second-order valence-electron chi connectivity index (χ2n) is 6.04. The molecule has 0 radical (unpaired) electrons. The first-order valence-corrected chi connectivity index (χ1v) is 7.78. The minimum absolute atomic E-state index is 0.233. The molecular weight excluding hydrogens is 301 g/mol. The molecule has 1 unspecified atom stereocenters. The molecule has 0 aliphatic carbocycles. The Morgan fingerprint density at radius 3 is 2.83 bits per heavy atom. The van der Waals surface area contributed by atoms with Crippen LogP contribution in [0.2, 0.25) is 0 Å². The molecule has 124 valence electrons. The normalized spacial score (nSPS) is 23.0. The van der Waals surface area contributed by atoms with Crippen molar-refractivity contribution in [1.82, 2.24) is 0 Å². The highest BCUT2D eigenvalue weighted by molar-refractivity contribution is 6.01. The van der Waals surface area contributed by atoms with Gasteiger partial charge in [0.25, 0.3) is 0 Å². The summed E-state index contributed by atoms with van der Waals surface area (Å²) in [6, 6.07) is 6.49. The third kappa shape index (κ3) is 3.22. The van der Waals surface area contributed by atoms with Crippen LogP contribution in [0.4, 0.5) is 4.39 Å². The predicted molar refractivity (Wildman–Crippen MR) is 81.5 cm³/mol. The Morgan fingerprint density at radius 2 is 2.13 bits per heavy atom. The van der Waals surface area contributed by atoms with Gasteiger partial charge in [0.1, 0.15) is 11.9 Å². The lowest BCUT2D eigenvalue weighted by molar-refractivity contribution is -0.162. The standard InChI is InChI=1S/C17H20FNO4/c1-21-16(20)17(6-8-22-9-7-17)11-12-10-15(19-23-12)13-4-2-3-5-14(13)18/h2-5,12H,6-11H2,1H3. The summed E-state index contributed by atoms with van der Waals surface area (Å²) in [7, 11) is 1.40. The Morgan fingerprint density at radius 1 is 1.39 bits per heavy atom. The van der Waals surface area contributed by atoms with Gasteiger partial charge in [-0.15, -0.1) is 0 Å². The molecule has 0 aromatic heterocycles. The molecule has 5 nitrogen and oxygen atoms in total. The van der Waals surface area contributed by atoms with Crippen LogP contribution in [0.5, 0.6) is 0 Å². The van der Waals surface area contributed by atoms with Crippen LogP contribution in [0.1, 0.15) is 31.2 Å². The minimum Gasteiger partial charge on any atom is -0.469 e. The highest BCUT2D eigenvalue weighted by atomic mass is 19.1. The average Bonchev–Trinajstić information content (AvgIpc) is 3.03. The Balaban J connectivity index is 1.70. The van der Waals surface area contributed by atoms with Gasteiger partial charge in [-0.05, 0) is 18.9 Å². The molecule has 2 aliphatic heterocycles. The van der Waals surface area contributed by atoms with Crippen LogP contribution < -0.4 is 0 Å². The zero-order chi connectivity index (χ0) is 16.3. The van der Waals surface area contributed by atoms with E-state index in [0.29, 0.717) is 50.2 Å². The number of methoxy groups -OCH3 is 1. The Hall–Kier alpha value is -1.95. The number of halogens is 1. The van der Waals surface area contributed by atoms with Crippen molar-refractivity contribution in [2.75, 3.05) is 20.3 Å². The molecule has 0 saturated carbocycles. The summed E-state index contributed by atoms with van der Waals surface area (Å²) in [6.45, 7) is 1.06. The number of esters is 1. The molecule has 6 heteroatoms. The first-order chi connectivity index (χ1) is 11.1. The van der Waals surface area contributed by atoms with E-state index in [1.54, 1.807) is 18.2 Å². The van der Waals surface area contributed by atoms with Gasteiger partial charge in [0, 0.05) is 31.6 Å². The number of carbonyl (C=O) groups is 1. The summed E-state index contributed by atoms with van der Waals surface area (Å²) in [5.74, 6) is -0.548. The average molecular weight is 321 g/mol. The molecule has 1 aromatic rings. The summed E-state index contributed by atoms with van der Waals surface area (Å²) >= 11 is 0. The summed E-state index contributed by atoms with van der Waals surface area (Å²) in [5, 5.41) is 4.02. The van der Waals surface area contributed by atoms with E-state index in [-0.39, 0.29) is 17.9 Å². The van der Waals surface area contributed by atoms with E-state index < -0.39 is 5.41 Å². The molecule has 0 bridgehead atoms. The van der Waals surface area contributed by atoms with Crippen molar-refractivity contribution in [3.8, 4) is 0 Å². The highest BCUT2D eigenvalue weighted by Gasteiger charge is 2.44. The van der Waals surface area contributed by atoms with Gasteiger partial charge in [-0.2, -0.15) is 0 Å². The fourth-order valence-electron chi connectivity index (χ4n) is 3.30. The SMILES string of the molecule is COC(=O)C1(CC2CC(c3ccccc3F)=NO2)CCOCC1. The van der Waals surface area contributed by atoms with Crippen LogP contribution in [0.3, 0.4) is 0 Å². The van der Waals surface area contributed by atoms with Gasteiger partial charge >= 0.3 is 5.97 Å². The number of oxime groups is 1. The van der Waals surface area contributed by atoms with Gasteiger partial charge in [-0.25, -0.2) is 4.39 Å². The van der Waals surface area contributed by atoms with Crippen molar-refractivity contribution in [1.29, 1.82) is 0 Å². The van der Waals surface area contributed by atoms with Crippen LogP contribution in [0.15, 0.2) is 29.4 Å². The molecule has 1 saturated heterocycles. The molecular formula is C17H20FNO4. The van der Waals surface area contributed by atoms with Gasteiger partial charge in [-0.3, -0.25) is 4.79 Å². The molecule has 0 amide bonds. The monoisotopic (exact) mass is 321 g/mol. The second-order valence-corrected chi connectivity index (χ2v) is 6.04. The number of nitrogens with zero attached hydrogens (tertiary/aromatic N) is 1. The molecule has 3 rings (SSSR count). The number of hydrogen-bond acceptors (Lipinski definition) is 5. The lowest BCUT2D eigenvalue weighted by Gasteiger charge is -2.35. The van der Waals surface area contributed by atoms with Gasteiger partial charge in [0.2, 0.25) is 0 Å². The van der Waals surface area contributed by atoms with E-state index in [9.17, 15) is 9.18 Å². The zero-order valence-corrected chi connectivity index (χ0v) is 13.1. The maximum absolute atomic E-state index is 13.9. The smallest absolute Gasteiger partial charge is 0.312 e. The number of ether oxygens (including phenoxy) is 2. The van der Waals surface area contributed by atoms with Crippen molar-refractivity contribution in [2.45, 2.75) is 31.8 Å². The molecule has 1 fully saturated rings. The van der Waals surface area contributed by atoms with Gasteiger partial charge in [-0.1, -0.05) is 23.4 Å². The highest BCUT2D eigenvalue weighted by Crippen LogP contribution is 2.39. The van der Waals surface area contributed by atoms with Crippen molar-refractivity contribution in [3.05, 3.63) is 35.6 Å². The number of hydrogen-bond donors (Lipinski definition) is 0. The topological polar surface area (TPSA) is 57.1 Å². The van der Waals surface area contributed by atoms with Crippen LogP contribution in [0.25, 0.3) is 0 Å². The fourth-order valence-corrected chi connectivity index (χ4v) is 3.30. The summed E-state index contributed by atoms with van der Waals surface area (Å²) in [4.78, 5) is 17.7. The van der Waals surface area contributed by atoms with E-state index in [2.05, 4.69) is 5.16 Å². The first kappa shape index (κ1) is 15.9. The second kappa shape index (κ2) is 6.66. The Labute approximate surface area is 134 Å². The number of carbonyl (C=O) groups excluding carboxylic acids is 1. The van der Waals surface area contributed by atoms with Crippen LogP contribution in [-0.4, -0.2) is 38.1 Å². The summed E-state index contributed by atoms with van der Waals surface area (Å²) in [6.07, 6.45) is 1.95. The van der Waals surface area contributed by atoms with Crippen molar-refractivity contribution in [3.63, 3.8) is 0 Å². The molecule has 2 aliphatic rings. The van der Waals surface area contributed by atoms with Crippen molar-refractivity contribution < 1.29 is 23.5 Å². The van der Waals surface area contributed by atoms with Crippen molar-refractivity contribution >= 4 is 11.7 Å². The lowest BCUT2D eigenvalue weighted by Crippen LogP contribution is -2.41. The molecule has 0 N–H and O–H groups in total. The maximum atomic E-state index is 13.9.